The molecule has 3 rings (SSSR count). The van der Waals surface area contributed by atoms with Crippen LogP contribution in [-0.2, 0) is 14.3 Å². The van der Waals surface area contributed by atoms with E-state index in [0.29, 0.717) is 19.5 Å². The SMILES string of the molecule is CC1CN=N[C@]12C(=O)N1CCC[C@H]1C(=O)N2C(=O)OC(C)(C)C. The Morgan fingerprint density at radius 2 is 2.04 bits per heavy atom. The highest BCUT2D eigenvalue weighted by molar-refractivity contribution is 6.07. The Bertz CT molecular complexity index is 597. The fourth-order valence-corrected chi connectivity index (χ4v) is 3.44. The molecular weight excluding hydrogens is 300 g/mol. The minimum atomic E-state index is -1.58. The van der Waals surface area contributed by atoms with Crippen molar-refractivity contribution in [3.05, 3.63) is 0 Å². The van der Waals surface area contributed by atoms with Gasteiger partial charge in [-0.3, -0.25) is 9.59 Å². The maximum absolute atomic E-state index is 13.0. The molecule has 126 valence electrons. The molecule has 3 aliphatic heterocycles. The van der Waals surface area contributed by atoms with Crippen LogP contribution in [0.25, 0.3) is 0 Å². The molecule has 1 unspecified atom stereocenters. The van der Waals surface area contributed by atoms with E-state index in [-0.39, 0.29) is 11.8 Å². The number of nitrogens with zero attached hydrogens (tertiary/aromatic N) is 4. The van der Waals surface area contributed by atoms with Crippen molar-refractivity contribution in [1.82, 2.24) is 9.80 Å². The van der Waals surface area contributed by atoms with Crippen molar-refractivity contribution in [2.24, 2.45) is 16.1 Å². The number of imide groups is 1. The molecule has 0 saturated carbocycles. The molecule has 0 bridgehead atoms. The average molecular weight is 322 g/mol. The summed E-state index contributed by atoms with van der Waals surface area (Å²) in [4.78, 5) is 41.1. The van der Waals surface area contributed by atoms with Crippen molar-refractivity contribution >= 4 is 17.9 Å². The van der Waals surface area contributed by atoms with Gasteiger partial charge in [0.25, 0.3) is 11.8 Å². The van der Waals surface area contributed by atoms with Crippen molar-refractivity contribution in [3.63, 3.8) is 0 Å². The van der Waals surface area contributed by atoms with Crippen LogP contribution in [0.2, 0.25) is 0 Å². The number of amides is 3. The molecule has 8 heteroatoms. The molecule has 0 aromatic rings. The summed E-state index contributed by atoms with van der Waals surface area (Å²) < 4.78 is 5.37. The summed E-state index contributed by atoms with van der Waals surface area (Å²) in [6.07, 6.45) is 0.479. The van der Waals surface area contributed by atoms with E-state index in [0.717, 1.165) is 11.3 Å². The van der Waals surface area contributed by atoms with Crippen LogP contribution in [-0.4, -0.2) is 58.1 Å². The van der Waals surface area contributed by atoms with Crippen LogP contribution in [0, 0.1) is 5.92 Å². The highest BCUT2D eigenvalue weighted by atomic mass is 16.6. The number of carbonyl (C=O) groups is 3. The lowest BCUT2D eigenvalue weighted by atomic mass is 9.89. The van der Waals surface area contributed by atoms with Crippen LogP contribution in [0.15, 0.2) is 10.2 Å². The third-order valence-electron chi connectivity index (χ3n) is 4.52. The maximum Gasteiger partial charge on any atom is 0.419 e. The Labute approximate surface area is 134 Å². The lowest BCUT2D eigenvalue weighted by Gasteiger charge is -2.46. The number of hydrogen-bond donors (Lipinski definition) is 0. The number of ether oxygens (including phenoxy) is 1. The molecule has 1 spiro atoms. The number of fused-ring (bicyclic) bond motifs is 1. The average Bonchev–Trinajstić information content (AvgIpc) is 3.03. The number of carbonyl (C=O) groups excluding carboxylic acids is 3. The monoisotopic (exact) mass is 322 g/mol. The first-order valence-corrected chi connectivity index (χ1v) is 7.95. The van der Waals surface area contributed by atoms with E-state index in [1.54, 1.807) is 32.6 Å². The number of rotatable bonds is 0. The predicted octanol–water partition coefficient (Wildman–Crippen LogP) is 1.55. The van der Waals surface area contributed by atoms with E-state index in [9.17, 15) is 14.4 Å². The van der Waals surface area contributed by atoms with E-state index in [4.69, 9.17) is 4.74 Å². The Morgan fingerprint density at radius 1 is 1.35 bits per heavy atom. The van der Waals surface area contributed by atoms with Crippen molar-refractivity contribution in [2.45, 2.75) is 57.8 Å². The van der Waals surface area contributed by atoms with Crippen LogP contribution in [0.4, 0.5) is 4.79 Å². The number of hydrogen-bond acceptors (Lipinski definition) is 6. The zero-order chi connectivity index (χ0) is 17.0. The van der Waals surface area contributed by atoms with E-state index < -0.39 is 29.3 Å². The minimum Gasteiger partial charge on any atom is -0.443 e. The first-order chi connectivity index (χ1) is 10.7. The number of azo groups is 1. The van der Waals surface area contributed by atoms with E-state index in [1.165, 1.54) is 0 Å². The van der Waals surface area contributed by atoms with Gasteiger partial charge in [0.2, 0.25) is 5.66 Å². The lowest BCUT2D eigenvalue weighted by Crippen LogP contribution is -2.72. The summed E-state index contributed by atoms with van der Waals surface area (Å²) in [5.41, 5.74) is -2.35. The zero-order valence-electron chi connectivity index (χ0n) is 13.9. The molecule has 3 amide bonds. The van der Waals surface area contributed by atoms with Gasteiger partial charge in [0.15, 0.2) is 0 Å². The van der Waals surface area contributed by atoms with Gasteiger partial charge < -0.3 is 9.64 Å². The van der Waals surface area contributed by atoms with Gasteiger partial charge in [-0.2, -0.15) is 10.2 Å². The minimum absolute atomic E-state index is 0.302. The van der Waals surface area contributed by atoms with Gasteiger partial charge in [-0.05, 0) is 33.6 Å². The standard InChI is InChI=1S/C15H22N4O4/c1-9-8-16-17-15(9)12(21)18-7-5-6-10(18)11(20)19(15)13(22)23-14(2,3)4/h9-10H,5-8H2,1-4H3/t9?,10-,15+/m0/s1. The highest BCUT2D eigenvalue weighted by Crippen LogP contribution is 2.42. The van der Waals surface area contributed by atoms with E-state index in [2.05, 4.69) is 10.2 Å². The van der Waals surface area contributed by atoms with Gasteiger partial charge in [-0.1, -0.05) is 6.92 Å². The zero-order valence-corrected chi connectivity index (χ0v) is 13.9. The number of piperazine rings is 1. The lowest BCUT2D eigenvalue weighted by molar-refractivity contribution is -0.169. The van der Waals surface area contributed by atoms with Crippen molar-refractivity contribution in [1.29, 1.82) is 0 Å². The van der Waals surface area contributed by atoms with Crippen molar-refractivity contribution in [2.75, 3.05) is 13.1 Å². The first-order valence-electron chi connectivity index (χ1n) is 7.95. The molecule has 0 aromatic heterocycles. The predicted molar refractivity (Wildman–Crippen MR) is 79.4 cm³/mol. The topological polar surface area (TPSA) is 91.6 Å². The Morgan fingerprint density at radius 3 is 2.61 bits per heavy atom. The molecular formula is C15H22N4O4. The van der Waals surface area contributed by atoms with Crippen LogP contribution in [0.3, 0.4) is 0 Å². The van der Waals surface area contributed by atoms with E-state index >= 15 is 0 Å². The van der Waals surface area contributed by atoms with Gasteiger partial charge >= 0.3 is 6.09 Å². The summed E-state index contributed by atoms with van der Waals surface area (Å²) in [5, 5.41) is 8.02. The molecule has 2 saturated heterocycles. The Kier molecular flexibility index (Phi) is 3.46. The van der Waals surface area contributed by atoms with Crippen LogP contribution in [0.1, 0.15) is 40.5 Å². The van der Waals surface area contributed by atoms with Crippen LogP contribution >= 0.6 is 0 Å². The van der Waals surface area contributed by atoms with E-state index in [1.807, 2.05) is 0 Å². The first kappa shape index (κ1) is 15.9. The molecule has 3 atom stereocenters. The van der Waals surface area contributed by atoms with Crippen LogP contribution < -0.4 is 0 Å². The molecule has 0 radical (unpaired) electrons. The van der Waals surface area contributed by atoms with Crippen molar-refractivity contribution in [3.8, 4) is 0 Å². The van der Waals surface area contributed by atoms with Crippen molar-refractivity contribution < 1.29 is 19.1 Å². The molecule has 3 heterocycles. The smallest absolute Gasteiger partial charge is 0.419 e. The molecule has 0 aliphatic carbocycles. The Balaban J connectivity index is 2.05. The molecule has 8 nitrogen and oxygen atoms in total. The van der Waals surface area contributed by atoms with Gasteiger partial charge in [-0.25, -0.2) is 9.69 Å². The quantitative estimate of drug-likeness (QED) is 0.676. The summed E-state index contributed by atoms with van der Waals surface area (Å²) in [5.74, 6) is -1.10. The summed E-state index contributed by atoms with van der Waals surface area (Å²) in [7, 11) is 0. The molecule has 0 aromatic carbocycles. The highest BCUT2D eigenvalue weighted by Gasteiger charge is 2.65. The second-order valence-electron chi connectivity index (χ2n) is 7.36. The maximum atomic E-state index is 13.0. The summed E-state index contributed by atoms with van der Waals surface area (Å²) >= 11 is 0. The molecule has 23 heavy (non-hydrogen) atoms. The molecule has 0 N–H and O–H groups in total. The fourth-order valence-electron chi connectivity index (χ4n) is 3.44. The summed E-state index contributed by atoms with van der Waals surface area (Å²) in [6, 6.07) is -0.594. The third-order valence-corrected chi connectivity index (χ3v) is 4.52. The summed E-state index contributed by atoms with van der Waals surface area (Å²) in [6.45, 7) is 7.75. The third kappa shape index (κ3) is 2.22. The molecule has 3 aliphatic rings. The second kappa shape index (κ2) is 5.01. The van der Waals surface area contributed by atoms with Gasteiger partial charge in [-0.15, -0.1) is 0 Å². The second-order valence-corrected chi connectivity index (χ2v) is 7.36. The van der Waals surface area contributed by atoms with Gasteiger partial charge in [0.05, 0.1) is 6.54 Å². The largest absolute Gasteiger partial charge is 0.443 e. The Hall–Kier alpha value is -1.99. The molecule has 2 fully saturated rings. The normalized spacial score (nSPS) is 33.6. The van der Waals surface area contributed by atoms with Crippen LogP contribution in [0.5, 0.6) is 0 Å². The van der Waals surface area contributed by atoms with Gasteiger partial charge in [0, 0.05) is 12.5 Å². The fraction of sp³-hybridized carbons (Fsp3) is 0.800. The van der Waals surface area contributed by atoms with Gasteiger partial charge in [0.1, 0.15) is 11.6 Å².